The molecule has 1 N–H and O–H groups in total. The van der Waals surface area contributed by atoms with Gasteiger partial charge in [-0.05, 0) is 12.5 Å². The molecule has 0 atom stereocenters. The van der Waals surface area contributed by atoms with Gasteiger partial charge in [-0.1, -0.05) is 13.8 Å². The summed E-state index contributed by atoms with van der Waals surface area (Å²) in [5.41, 5.74) is 0.777. The molecule has 0 aliphatic heterocycles. The molecule has 0 bridgehead atoms. The van der Waals surface area contributed by atoms with Crippen molar-refractivity contribution in [3.8, 4) is 0 Å². The molecule has 0 amide bonds. The van der Waals surface area contributed by atoms with Gasteiger partial charge in [-0.3, -0.25) is 4.98 Å². The lowest BCUT2D eigenvalue weighted by atomic mass is 10.2. The quantitative estimate of drug-likeness (QED) is 0.838. The van der Waals surface area contributed by atoms with Gasteiger partial charge in [-0.25, -0.2) is 4.98 Å². The minimum atomic E-state index is -4.15. The van der Waals surface area contributed by atoms with Gasteiger partial charge in [0, 0.05) is 20.1 Å². The number of rotatable bonds is 7. The molecule has 7 heteroatoms. The van der Waals surface area contributed by atoms with E-state index in [2.05, 4.69) is 29.1 Å². The Morgan fingerprint density at radius 1 is 1.25 bits per heavy atom. The molecule has 1 aromatic heterocycles. The van der Waals surface area contributed by atoms with Crippen LogP contribution in [0.4, 0.5) is 19.0 Å². The average Bonchev–Trinajstić information content (AvgIpc) is 2.35. The van der Waals surface area contributed by atoms with Crippen LogP contribution in [-0.4, -0.2) is 36.3 Å². The number of halogens is 3. The number of anilines is 1. The van der Waals surface area contributed by atoms with Crippen LogP contribution in [0.1, 0.15) is 26.0 Å². The van der Waals surface area contributed by atoms with Gasteiger partial charge in [-0.2, -0.15) is 13.2 Å². The summed E-state index contributed by atoms with van der Waals surface area (Å²) in [5.74, 6) is 0.998. The summed E-state index contributed by atoms with van der Waals surface area (Å²) in [6.07, 6.45) is -1.92. The average molecular weight is 290 g/mol. The fourth-order valence-corrected chi connectivity index (χ4v) is 1.53. The van der Waals surface area contributed by atoms with Gasteiger partial charge in [-0.15, -0.1) is 0 Å². The molecule has 114 valence electrons. The van der Waals surface area contributed by atoms with Gasteiger partial charge in [0.05, 0.1) is 24.5 Å². The van der Waals surface area contributed by atoms with Crippen molar-refractivity contribution in [3.05, 3.63) is 18.1 Å². The van der Waals surface area contributed by atoms with Crippen molar-refractivity contribution in [1.82, 2.24) is 15.3 Å². The Morgan fingerprint density at radius 3 is 2.45 bits per heavy atom. The van der Waals surface area contributed by atoms with Gasteiger partial charge in [0.25, 0.3) is 0 Å². The lowest BCUT2D eigenvalue weighted by Crippen LogP contribution is -2.25. The first-order chi connectivity index (χ1) is 9.28. The predicted molar refractivity (Wildman–Crippen MR) is 72.5 cm³/mol. The van der Waals surface area contributed by atoms with Crippen molar-refractivity contribution in [2.75, 3.05) is 25.0 Å². The van der Waals surface area contributed by atoms with Crippen LogP contribution in [0.25, 0.3) is 0 Å². The number of nitrogens with zero attached hydrogens (tertiary/aromatic N) is 3. The lowest BCUT2D eigenvalue weighted by Gasteiger charge is -2.18. The van der Waals surface area contributed by atoms with Crippen molar-refractivity contribution >= 4 is 5.82 Å². The van der Waals surface area contributed by atoms with Crippen LogP contribution in [0, 0.1) is 5.92 Å². The molecular formula is C13H21F3N4. The summed E-state index contributed by atoms with van der Waals surface area (Å²) in [5, 5.41) is 3.23. The molecular weight excluding hydrogens is 269 g/mol. The molecule has 0 saturated carbocycles. The first-order valence-electron chi connectivity index (χ1n) is 6.57. The molecule has 0 aliphatic rings. The zero-order chi connectivity index (χ0) is 15.2. The van der Waals surface area contributed by atoms with Crippen molar-refractivity contribution in [2.24, 2.45) is 5.92 Å². The van der Waals surface area contributed by atoms with E-state index in [0.717, 1.165) is 12.2 Å². The second kappa shape index (κ2) is 7.42. The fraction of sp³-hybridized carbons (Fsp3) is 0.692. The van der Waals surface area contributed by atoms with E-state index in [4.69, 9.17) is 0 Å². The second-order valence-electron chi connectivity index (χ2n) is 5.18. The molecule has 0 aromatic carbocycles. The maximum atomic E-state index is 12.1. The number of hydrogen-bond donors (Lipinski definition) is 1. The van der Waals surface area contributed by atoms with Crippen LogP contribution in [-0.2, 0) is 6.54 Å². The van der Waals surface area contributed by atoms with Gasteiger partial charge >= 0.3 is 6.18 Å². The monoisotopic (exact) mass is 290 g/mol. The minimum absolute atomic E-state index is 0.122. The van der Waals surface area contributed by atoms with E-state index in [0.29, 0.717) is 18.3 Å². The normalized spacial score (nSPS) is 11.9. The third-order valence-corrected chi connectivity index (χ3v) is 2.67. The Morgan fingerprint density at radius 2 is 1.95 bits per heavy atom. The third kappa shape index (κ3) is 6.70. The first kappa shape index (κ1) is 16.7. The summed E-state index contributed by atoms with van der Waals surface area (Å²) in [6, 6.07) is 0. The number of hydrogen-bond acceptors (Lipinski definition) is 4. The van der Waals surface area contributed by atoms with Crippen LogP contribution >= 0.6 is 0 Å². The Bertz CT molecular complexity index is 390. The van der Waals surface area contributed by atoms with Crippen molar-refractivity contribution < 1.29 is 13.2 Å². The molecule has 0 aliphatic carbocycles. The molecule has 1 rings (SSSR count). The lowest BCUT2D eigenvalue weighted by molar-refractivity contribution is -0.132. The second-order valence-corrected chi connectivity index (χ2v) is 5.18. The van der Waals surface area contributed by atoms with E-state index in [1.807, 2.05) is 0 Å². The highest BCUT2D eigenvalue weighted by molar-refractivity contribution is 5.34. The van der Waals surface area contributed by atoms with Gasteiger partial charge in [0.2, 0.25) is 0 Å². The SMILES string of the molecule is CC(C)CNCc1cnc(N(C)CCC(F)(F)F)cn1. The number of alkyl halides is 3. The zero-order valence-corrected chi connectivity index (χ0v) is 12.0. The van der Waals surface area contributed by atoms with Gasteiger partial charge in [0.1, 0.15) is 5.82 Å². The third-order valence-electron chi connectivity index (χ3n) is 2.67. The topological polar surface area (TPSA) is 41.1 Å². The van der Waals surface area contributed by atoms with Crippen molar-refractivity contribution in [3.63, 3.8) is 0 Å². The molecule has 20 heavy (non-hydrogen) atoms. The molecule has 4 nitrogen and oxygen atoms in total. The highest BCUT2D eigenvalue weighted by atomic mass is 19.4. The summed E-state index contributed by atoms with van der Waals surface area (Å²) < 4.78 is 36.4. The molecule has 1 aromatic rings. The van der Waals surface area contributed by atoms with Crippen LogP contribution in [0.15, 0.2) is 12.4 Å². The van der Waals surface area contributed by atoms with E-state index in [9.17, 15) is 13.2 Å². The smallest absolute Gasteiger partial charge is 0.358 e. The largest absolute Gasteiger partial charge is 0.390 e. The van der Waals surface area contributed by atoms with Crippen LogP contribution < -0.4 is 10.2 Å². The van der Waals surface area contributed by atoms with E-state index in [-0.39, 0.29) is 6.54 Å². The molecule has 0 spiro atoms. The Labute approximate surface area is 117 Å². The summed E-state index contributed by atoms with van der Waals surface area (Å²) in [6.45, 7) is 5.59. The van der Waals surface area contributed by atoms with Gasteiger partial charge < -0.3 is 10.2 Å². The number of aromatic nitrogens is 2. The highest BCUT2D eigenvalue weighted by Crippen LogP contribution is 2.20. The molecule has 0 radical (unpaired) electrons. The maximum absolute atomic E-state index is 12.1. The van der Waals surface area contributed by atoms with Crippen LogP contribution in [0.5, 0.6) is 0 Å². The first-order valence-corrected chi connectivity index (χ1v) is 6.57. The Balaban J connectivity index is 2.45. The Kier molecular flexibility index (Phi) is 6.19. The molecule has 0 saturated heterocycles. The maximum Gasteiger partial charge on any atom is 0.390 e. The summed E-state index contributed by atoms with van der Waals surface area (Å²) in [7, 11) is 1.58. The van der Waals surface area contributed by atoms with E-state index in [1.165, 1.54) is 11.1 Å². The fourth-order valence-electron chi connectivity index (χ4n) is 1.53. The van der Waals surface area contributed by atoms with E-state index in [1.54, 1.807) is 13.2 Å². The highest BCUT2D eigenvalue weighted by Gasteiger charge is 2.27. The summed E-state index contributed by atoms with van der Waals surface area (Å²) >= 11 is 0. The van der Waals surface area contributed by atoms with E-state index >= 15 is 0 Å². The van der Waals surface area contributed by atoms with Crippen molar-refractivity contribution in [2.45, 2.75) is 33.0 Å². The molecule has 0 unspecified atom stereocenters. The summed E-state index contributed by atoms with van der Waals surface area (Å²) in [4.78, 5) is 9.78. The van der Waals surface area contributed by atoms with Crippen LogP contribution in [0.3, 0.4) is 0 Å². The Hall–Kier alpha value is -1.37. The van der Waals surface area contributed by atoms with Crippen LogP contribution in [0.2, 0.25) is 0 Å². The van der Waals surface area contributed by atoms with Gasteiger partial charge in [0.15, 0.2) is 0 Å². The molecule has 0 fully saturated rings. The minimum Gasteiger partial charge on any atom is -0.358 e. The van der Waals surface area contributed by atoms with E-state index < -0.39 is 12.6 Å². The zero-order valence-electron chi connectivity index (χ0n) is 12.0. The number of nitrogens with one attached hydrogen (secondary N) is 1. The standard InChI is InChI=1S/C13H21F3N4/c1-10(2)6-17-7-11-8-19-12(9-18-11)20(3)5-4-13(14,15)16/h8-10,17H,4-7H2,1-3H3. The predicted octanol–water partition coefficient (Wildman–Crippen LogP) is 2.61. The molecule has 1 heterocycles. The van der Waals surface area contributed by atoms with Crippen molar-refractivity contribution in [1.29, 1.82) is 0 Å².